The molecule has 0 unspecified atom stereocenters. The van der Waals surface area contributed by atoms with Crippen molar-refractivity contribution in [3.63, 3.8) is 0 Å². The van der Waals surface area contributed by atoms with Crippen LogP contribution in [-0.4, -0.2) is 23.0 Å². The third-order valence-electron chi connectivity index (χ3n) is 2.66. The number of carbonyl (C=O) groups excluding carboxylic acids is 2. The highest BCUT2D eigenvalue weighted by molar-refractivity contribution is 6.31. The van der Waals surface area contributed by atoms with Gasteiger partial charge in [-0.05, 0) is 37.3 Å². The molecular formula is C14H12ClFN2O3. The SMILES string of the molecule is C[C@@H](OC(=O)c1ccc[nH]1)C(=O)Nc1ccc(F)c(Cl)c1. The quantitative estimate of drug-likeness (QED) is 0.853. The molecule has 2 rings (SSSR count). The zero-order valence-corrected chi connectivity index (χ0v) is 11.8. The van der Waals surface area contributed by atoms with Crippen LogP contribution in [-0.2, 0) is 9.53 Å². The lowest BCUT2D eigenvalue weighted by molar-refractivity contribution is -0.123. The number of anilines is 1. The Hall–Kier alpha value is -2.34. The van der Waals surface area contributed by atoms with Crippen molar-refractivity contribution in [3.05, 3.63) is 53.1 Å². The number of hydrogen-bond acceptors (Lipinski definition) is 3. The zero-order valence-electron chi connectivity index (χ0n) is 11.0. The van der Waals surface area contributed by atoms with Crippen molar-refractivity contribution >= 4 is 29.2 Å². The molecule has 0 aliphatic rings. The van der Waals surface area contributed by atoms with E-state index < -0.39 is 23.8 Å². The second-order valence-corrected chi connectivity index (χ2v) is 4.66. The van der Waals surface area contributed by atoms with Gasteiger partial charge in [0.05, 0.1) is 5.02 Å². The number of nitrogens with one attached hydrogen (secondary N) is 2. The number of H-pyrrole nitrogens is 1. The van der Waals surface area contributed by atoms with Gasteiger partial charge in [-0.25, -0.2) is 9.18 Å². The summed E-state index contributed by atoms with van der Waals surface area (Å²) in [6.07, 6.45) is 0.562. The fourth-order valence-electron chi connectivity index (χ4n) is 1.55. The molecule has 1 amide bonds. The summed E-state index contributed by atoms with van der Waals surface area (Å²) in [5.41, 5.74) is 0.564. The van der Waals surface area contributed by atoms with E-state index >= 15 is 0 Å². The minimum atomic E-state index is -1.01. The van der Waals surface area contributed by atoms with E-state index in [0.29, 0.717) is 5.69 Å². The van der Waals surface area contributed by atoms with Gasteiger partial charge < -0.3 is 15.0 Å². The second-order valence-electron chi connectivity index (χ2n) is 4.25. The maximum absolute atomic E-state index is 13.0. The largest absolute Gasteiger partial charge is 0.448 e. The number of rotatable bonds is 4. The number of aromatic nitrogens is 1. The smallest absolute Gasteiger partial charge is 0.355 e. The van der Waals surface area contributed by atoms with Crippen LogP contribution in [0, 0.1) is 5.82 Å². The van der Waals surface area contributed by atoms with E-state index in [1.54, 1.807) is 12.3 Å². The van der Waals surface area contributed by atoms with E-state index in [1.165, 1.54) is 25.1 Å². The lowest BCUT2D eigenvalue weighted by Gasteiger charge is -2.13. The Balaban J connectivity index is 1.96. The van der Waals surface area contributed by atoms with Crippen molar-refractivity contribution in [1.29, 1.82) is 0 Å². The third-order valence-corrected chi connectivity index (χ3v) is 2.95. The Bertz CT molecular complexity index is 658. The normalized spacial score (nSPS) is 11.8. The average Bonchev–Trinajstić information content (AvgIpc) is 2.97. The molecule has 0 saturated carbocycles. The van der Waals surface area contributed by atoms with E-state index in [1.807, 2.05) is 0 Å². The van der Waals surface area contributed by atoms with Gasteiger partial charge in [0.25, 0.3) is 5.91 Å². The Morgan fingerprint density at radius 2 is 2.14 bits per heavy atom. The molecule has 0 aliphatic heterocycles. The Kier molecular flexibility index (Phi) is 4.59. The molecule has 1 aromatic carbocycles. The van der Waals surface area contributed by atoms with Crippen LogP contribution in [0.1, 0.15) is 17.4 Å². The van der Waals surface area contributed by atoms with Crippen LogP contribution < -0.4 is 5.32 Å². The summed E-state index contributed by atoms with van der Waals surface area (Å²) < 4.78 is 18.0. The first-order valence-corrected chi connectivity index (χ1v) is 6.45. The molecule has 110 valence electrons. The molecular weight excluding hydrogens is 299 g/mol. The molecule has 0 saturated heterocycles. The highest BCUT2D eigenvalue weighted by atomic mass is 35.5. The monoisotopic (exact) mass is 310 g/mol. The molecule has 7 heteroatoms. The summed E-state index contributed by atoms with van der Waals surface area (Å²) in [5, 5.41) is 2.38. The van der Waals surface area contributed by atoms with Gasteiger partial charge in [0.15, 0.2) is 6.10 Å². The number of benzene rings is 1. The van der Waals surface area contributed by atoms with E-state index in [0.717, 1.165) is 6.07 Å². The highest BCUT2D eigenvalue weighted by Crippen LogP contribution is 2.19. The molecule has 0 bridgehead atoms. The lowest BCUT2D eigenvalue weighted by Crippen LogP contribution is -2.30. The number of esters is 1. The maximum atomic E-state index is 13.0. The number of ether oxygens (including phenoxy) is 1. The van der Waals surface area contributed by atoms with Gasteiger partial charge in [0.1, 0.15) is 11.5 Å². The number of aromatic amines is 1. The summed E-state index contributed by atoms with van der Waals surface area (Å²) in [7, 11) is 0. The van der Waals surface area contributed by atoms with Gasteiger partial charge in [-0.2, -0.15) is 0 Å². The summed E-state index contributed by atoms with van der Waals surface area (Å²) >= 11 is 5.61. The van der Waals surface area contributed by atoms with E-state index in [4.69, 9.17) is 16.3 Å². The molecule has 0 radical (unpaired) electrons. The first-order valence-electron chi connectivity index (χ1n) is 6.07. The Labute approximate surface area is 125 Å². The molecule has 0 spiro atoms. The topological polar surface area (TPSA) is 71.2 Å². The third kappa shape index (κ3) is 3.82. The number of hydrogen-bond donors (Lipinski definition) is 2. The van der Waals surface area contributed by atoms with Gasteiger partial charge in [0.2, 0.25) is 0 Å². The predicted octanol–water partition coefficient (Wildman–Crippen LogP) is 2.99. The van der Waals surface area contributed by atoms with Crippen LogP contribution in [0.3, 0.4) is 0 Å². The first-order chi connectivity index (χ1) is 9.97. The van der Waals surface area contributed by atoms with Crippen molar-refractivity contribution in [3.8, 4) is 0 Å². The predicted molar refractivity (Wildman–Crippen MR) is 75.7 cm³/mol. The molecule has 2 N–H and O–H groups in total. The van der Waals surface area contributed by atoms with Crippen LogP contribution >= 0.6 is 11.6 Å². The number of amides is 1. The van der Waals surface area contributed by atoms with E-state index in [2.05, 4.69) is 10.3 Å². The van der Waals surface area contributed by atoms with Crippen molar-refractivity contribution in [1.82, 2.24) is 4.98 Å². The minimum absolute atomic E-state index is 0.108. The van der Waals surface area contributed by atoms with Crippen molar-refractivity contribution < 1.29 is 18.7 Å². The summed E-state index contributed by atoms with van der Waals surface area (Å²) in [4.78, 5) is 26.2. The molecule has 1 atom stereocenters. The molecule has 2 aromatic rings. The molecule has 0 aliphatic carbocycles. The standard InChI is InChI=1S/C14H12ClFN2O3/c1-8(21-14(20)12-3-2-6-17-12)13(19)18-9-4-5-11(16)10(15)7-9/h2-8,17H,1H3,(H,18,19)/t8-/m1/s1. The minimum Gasteiger partial charge on any atom is -0.448 e. The number of halogens is 2. The molecule has 5 nitrogen and oxygen atoms in total. The van der Waals surface area contributed by atoms with Crippen LogP contribution in [0.15, 0.2) is 36.5 Å². The Morgan fingerprint density at radius 3 is 2.76 bits per heavy atom. The van der Waals surface area contributed by atoms with Gasteiger partial charge in [-0.1, -0.05) is 11.6 Å². The average molecular weight is 311 g/mol. The molecule has 1 heterocycles. The van der Waals surface area contributed by atoms with Crippen LogP contribution in [0.5, 0.6) is 0 Å². The van der Waals surface area contributed by atoms with Crippen molar-refractivity contribution in [2.45, 2.75) is 13.0 Å². The van der Waals surface area contributed by atoms with Crippen molar-refractivity contribution in [2.24, 2.45) is 0 Å². The van der Waals surface area contributed by atoms with Crippen LogP contribution in [0.2, 0.25) is 5.02 Å². The number of carbonyl (C=O) groups is 2. The fraction of sp³-hybridized carbons (Fsp3) is 0.143. The van der Waals surface area contributed by atoms with Crippen LogP contribution in [0.4, 0.5) is 10.1 Å². The molecule has 0 fully saturated rings. The lowest BCUT2D eigenvalue weighted by atomic mass is 10.3. The molecule has 21 heavy (non-hydrogen) atoms. The maximum Gasteiger partial charge on any atom is 0.355 e. The first kappa shape index (κ1) is 15.1. The van der Waals surface area contributed by atoms with Gasteiger partial charge in [-0.3, -0.25) is 4.79 Å². The second kappa shape index (κ2) is 6.41. The Morgan fingerprint density at radius 1 is 1.38 bits per heavy atom. The van der Waals surface area contributed by atoms with Gasteiger partial charge in [0, 0.05) is 11.9 Å². The zero-order chi connectivity index (χ0) is 15.4. The van der Waals surface area contributed by atoms with E-state index in [9.17, 15) is 14.0 Å². The van der Waals surface area contributed by atoms with Gasteiger partial charge >= 0.3 is 5.97 Å². The van der Waals surface area contributed by atoms with E-state index in [-0.39, 0.29) is 10.7 Å². The summed E-state index contributed by atoms with van der Waals surface area (Å²) in [5.74, 6) is -1.77. The van der Waals surface area contributed by atoms with Crippen LogP contribution in [0.25, 0.3) is 0 Å². The van der Waals surface area contributed by atoms with Crippen molar-refractivity contribution in [2.75, 3.05) is 5.32 Å². The van der Waals surface area contributed by atoms with Gasteiger partial charge in [-0.15, -0.1) is 0 Å². The summed E-state index contributed by atoms with van der Waals surface area (Å²) in [6, 6.07) is 6.94. The highest BCUT2D eigenvalue weighted by Gasteiger charge is 2.19. The molecule has 1 aromatic heterocycles. The fourth-order valence-corrected chi connectivity index (χ4v) is 1.73. The summed E-state index contributed by atoms with van der Waals surface area (Å²) in [6.45, 7) is 1.43.